The molecule has 4 rings (SSSR count). The van der Waals surface area contributed by atoms with Gasteiger partial charge in [0.25, 0.3) is 0 Å². The highest BCUT2D eigenvalue weighted by Crippen LogP contribution is 2.67. The van der Waals surface area contributed by atoms with Crippen LogP contribution in [0, 0.1) is 40.4 Å². The van der Waals surface area contributed by atoms with E-state index in [2.05, 4.69) is 13.8 Å². The zero-order valence-corrected chi connectivity index (χ0v) is 17.1. The van der Waals surface area contributed by atoms with Crippen LogP contribution in [0.4, 0.5) is 0 Å². The normalized spacial score (nSPS) is 46.2. The number of ketones is 2. The van der Waals surface area contributed by atoms with Gasteiger partial charge in [0.2, 0.25) is 0 Å². The summed E-state index contributed by atoms with van der Waals surface area (Å²) in [4.78, 5) is 35.9. The maximum absolute atomic E-state index is 12.8. The van der Waals surface area contributed by atoms with Gasteiger partial charge in [0.05, 0.1) is 0 Å². The molecule has 4 fully saturated rings. The van der Waals surface area contributed by atoms with Crippen molar-refractivity contribution >= 4 is 17.5 Å². The van der Waals surface area contributed by atoms with Crippen molar-refractivity contribution in [3.63, 3.8) is 0 Å². The smallest absolute Gasteiger partial charge is 0.303 e. The second-order valence-electron chi connectivity index (χ2n) is 10.3. The van der Waals surface area contributed by atoms with Crippen LogP contribution in [0.2, 0.25) is 0 Å². The minimum Gasteiger partial charge on any atom is -0.458 e. The molecule has 0 unspecified atom stereocenters. The maximum atomic E-state index is 12.8. The molecular formula is C23H34O4. The van der Waals surface area contributed by atoms with Crippen LogP contribution in [0.15, 0.2) is 0 Å². The van der Waals surface area contributed by atoms with E-state index in [1.54, 1.807) is 0 Å². The summed E-state index contributed by atoms with van der Waals surface area (Å²) in [5.74, 6) is 2.86. The predicted molar refractivity (Wildman–Crippen MR) is 102 cm³/mol. The van der Waals surface area contributed by atoms with Crippen LogP contribution < -0.4 is 0 Å². The molecule has 4 saturated carbocycles. The van der Waals surface area contributed by atoms with E-state index >= 15 is 0 Å². The molecule has 4 heteroatoms. The van der Waals surface area contributed by atoms with Crippen LogP contribution in [-0.2, 0) is 19.1 Å². The summed E-state index contributed by atoms with van der Waals surface area (Å²) in [5.41, 5.74) is 0.379. The van der Waals surface area contributed by atoms with Crippen LogP contribution in [0.25, 0.3) is 0 Å². The monoisotopic (exact) mass is 374 g/mol. The van der Waals surface area contributed by atoms with Crippen molar-refractivity contribution in [2.45, 2.75) is 78.6 Å². The fraction of sp³-hybridized carbons (Fsp3) is 0.870. The Kier molecular flexibility index (Phi) is 4.75. The van der Waals surface area contributed by atoms with Crippen molar-refractivity contribution in [3.8, 4) is 0 Å². The average Bonchev–Trinajstić information content (AvgIpc) is 2.97. The molecule has 4 aliphatic rings. The molecule has 0 spiro atoms. The molecule has 0 aromatic heterocycles. The van der Waals surface area contributed by atoms with E-state index < -0.39 is 0 Å². The van der Waals surface area contributed by atoms with Crippen LogP contribution in [0.1, 0.15) is 78.6 Å². The second-order valence-corrected chi connectivity index (χ2v) is 10.3. The first kappa shape index (κ1) is 19.1. The highest BCUT2D eigenvalue weighted by Gasteiger charge is 2.61. The molecule has 4 nitrogen and oxygen atoms in total. The number of rotatable bonds is 3. The van der Waals surface area contributed by atoms with Gasteiger partial charge in [0.15, 0.2) is 5.78 Å². The Hall–Kier alpha value is -1.19. The maximum Gasteiger partial charge on any atom is 0.303 e. The standard InChI is InChI=1S/C23H34O4/c1-14(24)27-13-21(26)20-7-6-18-17-5-4-15-12-16(25)8-10-22(15,2)19(17)9-11-23(18,20)3/h15,17-20H,4-13H2,1-3H3/t15-,17-,18+,19+,20-,22+,23-/m1/s1. The molecule has 0 N–H and O–H groups in total. The van der Waals surface area contributed by atoms with Crippen molar-refractivity contribution in [1.29, 1.82) is 0 Å². The van der Waals surface area contributed by atoms with Crippen LogP contribution in [-0.4, -0.2) is 24.1 Å². The van der Waals surface area contributed by atoms with E-state index in [1.165, 1.54) is 26.2 Å². The quantitative estimate of drug-likeness (QED) is 0.689. The molecule has 150 valence electrons. The first-order valence-electron chi connectivity index (χ1n) is 10.9. The molecule has 0 aromatic carbocycles. The van der Waals surface area contributed by atoms with Crippen molar-refractivity contribution < 1.29 is 19.1 Å². The van der Waals surface area contributed by atoms with Crippen molar-refractivity contribution in [2.24, 2.45) is 40.4 Å². The Balaban J connectivity index is 1.53. The highest BCUT2D eigenvalue weighted by molar-refractivity contribution is 5.85. The van der Waals surface area contributed by atoms with Gasteiger partial charge in [-0.1, -0.05) is 13.8 Å². The lowest BCUT2D eigenvalue weighted by molar-refractivity contribution is -0.151. The van der Waals surface area contributed by atoms with E-state index in [4.69, 9.17) is 4.74 Å². The molecule has 7 atom stereocenters. The van der Waals surface area contributed by atoms with Gasteiger partial charge < -0.3 is 4.74 Å². The molecule has 0 saturated heterocycles. The topological polar surface area (TPSA) is 60.4 Å². The van der Waals surface area contributed by atoms with E-state index in [0.717, 1.165) is 38.5 Å². The third-order valence-corrected chi connectivity index (χ3v) is 9.29. The summed E-state index contributed by atoms with van der Waals surface area (Å²) in [5, 5.41) is 0. The van der Waals surface area contributed by atoms with E-state index in [-0.39, 0.29) is 29.7 Å². The molecular weight excluding hydrogens is 340 g/mol. The van der Waals surface area contributed by atoms with Crippen LogP contribution in [0.5, 0.6) is 0 Å². The minimum absolute atomic E-state index is 0.0428. The largest absolute Gasteiger partial charge is 0.458 e. The number of esters is 1. The Bertz CT molecular complexity index is 655. The third kappa shape index (κ3) is 2.98. The number of fused-ring (bicyclic) bond motifs is 5. The number of carbonyl (C=O) groups excluding carboxylic acids is 3. The molecule has 0 aromatic rings. The third-order valence-electron chi connectivity index (χ3n) is 9.29. The van der Waals surface area contributed by atoms with Gasteiger partial charge in [-0.2, -0.15) is 0 Å². The van der Waals surface area contributed by atoms with Gasteiger partial charge >= 0.3 is 5.97 Å². The lowest BCUT2D eigenvalue weighted by Gasteiger charge is -2.60. The van der Waals surface area contributed by atoms with E-state index in [1.807, 2.05) is 0 Å². The van der Waals surface area contributed by atoms with Gasteiger partial charge in [0, 0.05) is 25.7 Å². The highest BCUT2D eigenvalue weighted by atomic mass is 16.5. The number of hydrogen-bond acceptors (Lipinski definition) is 4. The number of hydrogen-bond donors (Lipinski definition) is 0. The lowest BCUT2D eigenvalue weighted by atomic mass is 9.44. The zero-order valence-electron chi connectivity index (χ0n) is 17.1. The Labute approximate surface area is 162 Å². The van der Waals surface area contributed by atoms with Crippen molar-refractivity contribution in [1.82, 2.24) is 0 Å². The Morgan fingerprint density at radius 1 is 1.00 bits per heavy atom. The lowest BCUT2D eigenvalue weighted by Crippen LogP contribution is -2.54. The molecule has 0 aliphatic heterocycles. The van der Waals surface area contributed by atoms with Gasteiger partial charge in [-0.3, -0.25) is 14.4 Å². The van der Waals surface area contributed by atoms with Crippen LogP contribution in [0.3, 0.4) is 0 Å². The zero-order chi connectivity index (χ0) is 19.4. The van der Waals surface area contributed by atoms with Gasteiger partial charge in [-0.25, -0.2) is 0 Å². The average molecular weight is 375 g/mol. The summed E-state index contributed by atoms with van der Waals surface area (Å²) >= 11 is 0. The van der Waals surface area contributed by atoms with Crippen LogP contribution >= 0.6 is 0 Å². The molecule has 27 heavy (non-hydrogen) atoms. The molecule has 0 radical (unpaired) electrons. The summed E-state index contributed by atoms with van der Waals surface area (Å²) in [6.45, 7) is 6.10. The Morgan fingerprint density at radius 2 is 1.74 bits per heavy atom. The summed E-state index contributed by atoms with van der Waals surface area (Å²) in [7, 11) is 0. The first-order chi connectivity index (χ1) is 12.8. The first-order valence-corrected chi connectivity index (χ1v) is 10.9. The Morgan fingerprint density at radius 3 is 2.48 bits per heavy atom. The SMILES string of the molecule is CC(=O)OCC(=O)[C@H]1CC[C@H]2[C@H]3CC[C@@H]4CC(=O)CC[C@]4(C)[C@H]3CC[C@@]12C. The van der Waals surface area contributed by atoms with E-state index in [0.29, 0.717) is 34.9 Å². The molecule has 0 bridgehead atoms. The van der Waals surface area contributed by atoms with Crippen molar-refractivity contribution in [3.05, 3.63) is 0 Å². The fourth-order valence-corrected chi connectivity index (χ4v) is 7.85. The predicted octanol–water partition coefficient (Wildman–Crippen LogP) is 4.35. The minimum atomic E-state index is -0.371. The molecule has 4 aliphatic carbocycles. The fourth-order valence-electron chi connectivity index (χ4n) is 7.85. The van der Waals surface area contributed by atoms with Gasteiger partial charge in [-0.05, 0) is 79.4 Å². The number of Topliss-reactive ketones (excluding diaryl/α,β-unsaturated/α-hetero) is 2. The van der Waals surface area contributed by atoms with Gasteiger partial charge in [0.1, 0.15) is 12.4 Å². The van der Waals surface area contributed by atoms with Gasteiger partial charge in [-0.15, -0.1) is 0 Å². The number of ether oxygens (including phenoxy) is 1. The summed E-state index contributed by atoms with van der Waals surface area (Å²) in [6.07, 6.45) is 9.41. The summed E-state index contributed by atoms with van der Waals surface area (Å²) in [6, 6.07) is 0. The summed E-state index contributed by atoms with van der Waals surface area (Å²) < 4.78 is 5.02. The molecule has 0 amide bonds. The van der Waals surface area contributed by atoms with Crippen molar-refractivity contribution in [2.75, 3.05) is 6.61 Å². The second kappa shape index (κ2) is 6.70. The van der Waals surface area contributed by atoms with E-state index in [9.17, 15) is 14.4 Å². The molecule has 0 heterocycles. The number of carbonyl (C=O) groups is 3.